The quantitative estimate of drug-likeness (QED) is 0.0261. The van der Waals surface area contributed by atoms with Crippen LogP contribution < -0.4 is 0 Å². The second-order valence-corrected chi connectivity index (χ2v) is 19.1. The van der Waals surface area contributed by atoms with Crippen LogP contribution in [0.5, 0.6) is 0 Å². The van der Waals surface area contributed by atoms with Crippen molar-refractivity contribution >= 4 is 17.9 Å². The molecule has 0 aromatic rings. The van der Waals surface area contributed by atoms with Gasteiger partial charge in [-0.05, 0) is 96.3 Å². The van der Waals surface area contributed by atoms with E-state index in [4.69, 9.17) is 14.2 Å². The van der Waals surface area contributed by atoms with Crippen LogP contribution in [0.25, 0.3) is 0 Å². The normalized spacial score (nSPS) is 13.0. The van der Waals surface area contributed by atoms with Crippen molar-refractivity contribution in [2.45, 2.75) is 264 Å². The first-order valence-corrected chi connectivity index (χ1v) is 29.5. The third-order valence-electron chi connectivity index (χ3n) is 12.2. The summed E-state index contributed by atoms with van der Waals surface area (Å²) in [7, 11) is 0. The summed E-state index contributed by atoms with van der Waals surface area (Å²) in [5.74, 6) is -0.996. The molecule has 1 atom stereocenters. The summed E-state index contributed by atoms with van der Waals surface area (Å²) in [6, 6.07) is 0. The zero-order valence-corrected chi connectivity index (χ0v) is 46.7. The monoisotopic (exact) mass is 997 g/mol. The van der Waals surface area contributed by atoms with Crippen LogP contribution >= 0.6 is 0 Å². The zero-order chi connectivity index (χ0) is 52.2. The molecular weight excluding hydrogens is 889 g/mol. The molecule has 0 rings (SSSR count). The summed E-state index contributed by atoms with van der Waals surface area (Å²) in [5.41, 5.74) is 0. The van der Waals surface area contributed by atoms with E-state index in [1.165, 1.54) is 103 Å². The van der Waals surface area contributed by atoms with Crippen molar-refractivity contribution in [3.8, 4) is 0 Å². The maximum Gasteiger partial charge on any atom is 0.306 e. The molecule has 0 amide bonds. The molecule has 0 aromatic heterocycles. The van der Waals surface area contributed by atoms with Gasteiger partial charge in [-0.2, -0.15) is 0 Å². The van der Waals surface area contributed by atoms with Crippen LogP contribution in [0.15, 0.2) is 122 Å². The lowest BCUT2D eigenvalue weighted by Gasteiger charge is -2.18. The Labute approximate surface area is 443 Å². The Hall–Kier alpha value is -4.19. The molecule has 0 radical (unpaired) electrons. The zero-order valence-electron chi connectivity index (χ0n) is 46.7. The van der Waals surface area contributed by atoms with Crippen molar-refractivity contribution < 1.29 is 28.6 Å². The third kappa shape index (κ3) is 56.7. The predicted molar refractivity (Wildman–Crippen MR) is 311 cm³/mol. The molecule has 0 saturated heterocycles. The first-order chi connectivity index (χ1) is 35.5. The van der Waals surface area contributed by atoms with E-state index in [0.717, 1.165) is 109 Å². The first kappa shape index (κ1) is 67.8. The van der Waals surface area contributed by atoms with Crippen molar-refractivity contribution in [1.82, 2.24) is 0 Å². The van der Waals surface area contributed by atoms with Crippen LogP contribution in [-0.4, -0.2) is 37.2 Å². The van der Waals surface area contributed by atoms with Gasteiger partial charge in [0.05, 0.1) is 0 Å². The van der Waals surface area contributed by atoms with Gasteiger partial charge in [-0.25, -0.2) is 0 Å². The van der Waals surface area contributed by atoms with Crippen LogP contribution in [0.2, 0.25) is 0 Å². The fourth-order valence-corrected chi connectivity index (χ4v) is 7.87. The molecule has 408 valence electrons. The minimum absolute atomic E-state index is 0.105. The van der Waals surface area contributed by atoms with Gasteiger partial charge in [0.2, 0.25) is 0 Å². The summed E-state index contributed by atoms with van der Waals surface area (Å²) in [5, 5.41) is 0. The molecule has 1 unspecified atom stereocenters. The van der Waals surface area contributed by atoms with E-state index in [1.54, 1.807) is 0 Å². The maximum absolute atomic E-state index is 12.8. The van der Waals surface area contributed by atoms with Gasteiger partial charge in [0.15, 0.2) is 6.10 Å². The van der Waals surface area contributed by atoms with E-state index >= 15 is 0 Å². The number of unbranched alkanes of at least 4 members (excludes halogenated alkanes) is 21. The molecule has 0 aliphatic carbocycles. The molecule has 0 aliphatic heterocycles. The molecular formula is C66H108O6. The summed E-state index contributed by atoms with van der Waals surface area (Å²) < 4.78 is 16.8. The fourth-order valence-electron chi connectivity index (χ4n) is 7.87. The number of carbonyl (C=O) groups excluding carboxylic acids is 3. The Bertz CT molecular complexity index is 1520. The molecule has 0 aliphatic rings. The fraction of sp³-hybridized carbons (Fsp3) is 0.652. The van der Waals surface area contributed by atoms with E-state index in [1.807, 2.05) is 6.08 Å². The van der Waals surface area contributed by atoms with Crippen molar-refractivity contribution in [3.05, 3.63) is 122 Å². The van der Waals surface area contributed by atoms with Gasteiger partial charge in [0.25, 0.3) is 0 Å². The van der Waals surface area contributed by atoms with E-state index < -0.39 is 6.10 Å². The Morgan fingerprint density at radius 3 is 0.931 bits per heavy atom. The molecule has 0 N–H and O–H groups in total. The summed E-state index contributed by atoms with van der Waals surface area (Å²) in [6.45, 7) is 6.34. The van der Waals surface area contributed by atoms with E-state index in [-0.39, 0.29) is 37.5 Å². The highest BCUT2D eigenvalue weighted by Crippen LogP contribution is 2.15. The van der Waals surface area contributed by atoms with Crippen LogP contribution in [-0.2, 0) is 28.6 Å². The van der Waals surface area contributed by atoms with Crippen molar-refractivity contribution in [2.75, 3.05) is 13.2 Å². The Balaban J connectivity index is 4.36. The predicted octanol–water partition coefficient (Wildman–Crippen LogP) is 20.0. The molecule has 0 saturated carbocycles. The molecule has 0 heterocycles. The van der Waals surface area contributed by atoms with E-state index in [9.17, 15) is 14.4 Å². The molecule has 0 bridgehead atoms. The lowest BCUT2D eigenvalue weighted by molar-refractivity contribution is -0.166. The number of hydrogen-bond acceptors (Lipinski definition) is 6. The number of esters is 3. The summed E-state index contributed by atoms with van der Waals surface area (Å²) in [6.07, 6.45) is 82.1. The smallest absolute Gasteiger partial charge is 0.306 e. The minimum atomic E-state index is -0.811. The Kier molecular flexibility index (Phi) is 55.9. The van der Waals surface area contributed by atoms with Gasteiger partial charge >= 0.3 is 17.9 Å². The van der Waals surface area contributed by atoms with Crippen LogP contribution in [0.4, 0.5) is 0 Å². The lowest BCUT2D eigenvalue weighted by Crippen LogP contribution is -2.30. The van der Waals surface area contributed by atoms with Gasteiger partial charge < -0.3 is 14.2 Å². The number of rotatable bonds is 52. The van der Waals surface area contributed by atoms with E-state index in [0.29, 0.717) is 19.3 Å². The molecule has 0 spiro atoms. The molecule has 0 fully saturated rings. The highest BCUT2D eigenvalue weighted by Gasteiger charge is 2.19. The van der Waals surface area contributed by atoms with Crippen molar-refractivity contribution in [2.24, 2.45) is 0 Å². The Morgan fingerprint density at radius 2 is 0.569 bits per heavy atom. The second-order valence-electron chi connectivity index (χ2n) is 19.1. The number of allylic oxidation sites excluding steroid dienone is 20. The largest absolute Gasteiger partial charge is 0.462 e. The highest BCUT2D eigenvalue weighted by atomic mass is 16.6. The maximum atomic E-state index is 12.8. The number of ether oxygens (including phenoxy) is 3. The third-order valence-corrected chi connectivity index (χ3v) is 12.2. The standard InChI is InChI=1S/C66H108O6/c1-4-7-10-13-16-19-22-25-27-28-29-30-31-32-33-34-35-36-37-38-39-42-44-47-50-53-56-59-65(68)71-62-63(61-70-64(67)58-55-52-49-46-43-40-24-21-18-15-12-9-6-3)72-66(69)60-57-54-51-48-45-41-26-23-20-17-14-11-8-5-2/h7,9-10,12,16,18-19,21,25,27,29-30,32-33,35-36,40,43,49,52,63H,4-6,8,11,13-15,17,20,22-24,26,28,31,34,37-39,41-42,44-48,50-51,53-62H2,1-3H3/b10-7-,12-9-,19-16-,21-18-,27-25-,30-29-,33-32-,36-35-,43-40-,52-49-. The topological polar surface area (TPSA) is 78.9 Å². The molecule has 6 heteroatoms. The van der Waals surface area contributed by atoms with Crippen LogP contribution in [0.1, 0.15) is 258 Å². The van der Waals surface area contributed by atoms with Crippen molar-refractivity contribution in [1.29, 1.82) is 0 Å². The average Bonchev–Trinajstić information content (AvgIpc) is 3.38. The van der Waals surface area contributed by atoms with Crippen LogP contribution in [0.3, 0.4) is 0 Å². The van der Waals surface area contributed by atoms with Crippen LogP contribution in [0, 0.1) is 0 Å². The van der Waals surface area contributed by atoms with Gasteiger partial charge in [0, 0.05) is 19.3 Å². The molecule has 72 heavy (non-hydrogen) atoms. The van der Waals surface area contributed by atoms with Gasteiger partial charge in [0.1, 0.15) is 13.2 Å². The average molecular weight is 998 g/mol. The van der Waals surface area contributed by atoms with Gasteiger partial charge in [-0.3, -0.25) is 14.4 Å². The minimum Gasteiger partial charge on any atom is -0.462 e. The number of carbonyl (C=O) groups is 3. The van der Waals surface area contributed by atoms with Crippen molar-refractivity contribution in [3.63, 3.8) is 0 Å². The SMILES string of the molecule is CC/C=C\C/C=C\C/C=C\C/C=C\C/C=C\C/C=C\CCCCCCCCCCC(=O)OCC(COC(=O)CC/C=C\C/C=C\C/C=C\C/C=C\CC)OC(=O)CCCCCCCCCCCCCCCC. The number of hydrogen-bond donors (Lipinski definition) is 0. The lowest BCUT2D eigenvalue weighted by atomic mass is 10.0. The summed E-state index contributed by atoms with van der Waals surface area (Å²) >= 11 is 0. The van der Waals surface area contributed by atoms with E-state index in [2.05, 4.69) is 136 Å². The first-order valence-electron chi connectivity index (χ1n) is 29.5. The highest BCUT2D eigenvalue weighted by molar-refractivity contribution is 5.71. The molecule has 6 nitrogen and oxygen atoms in total. The van der Waals surface area contributed by atoms with Gasteiger partial charge in [-0.1, -0.05) is 264 Å². The Morgan fingerprint density at radius 1 is 0.292 bits per heavy atom. The van der Waals surface area contributed by atoms with Gasteiger partial charge in [-0.15, -0.1) is 0 Å². The molecule has 0 aromatic carbocycles. The second kappa shape index (κ2) is 59.4. The summed E-state index contributed by atoms with van der Waals surface area (Å²) in [4.78, 5) is 38.1.